The number of carbonyl (C=O) groups is 2. The zero-order valence-electron chi connectivity index (χ0n) is 8.32. The summed E-state index contributed by atoms with van der Waals surface area (Å²) in [4.78, 5) is 23.8. The summed E-state index contributed by atoms with van der Waals surface area (Å²) >= 11 is 0. The van der Waals surface area contributed by atoms with Crippen LogP contribution in [0, 0.1) is 5.41 Å². The van der Waals surface area contributed by atoms with Crippen molar-refractivity contribution in [1.29, 1.82) is 0 Å². The summed E-state index contributed by atoms with van der Waals surface area (Å²) in [7, 11) is 0. The molecule has 1 N–H and O–H groups in total. The van der Waals surface area contributed by atoms with E-state index in [2.05, 4.69) is 6.58 Å². The molecule has 1 heterocycles. The van der Waals surface area contributed by atoms with E-state index in [1.807, 2.05) is 0 Å². The molecule has 78 valence electrons. The summed E-state index contributed by atoms with van der Waals surface area (Å²) < 4.78 is 0. The highest BCUT2D eigenvalue weighted by molar-refractivity contribution is 5.87. The second-order valence-corrected chi connectivity index (χ2v) is 3.93. The van der Waals surface area contributed by atoms with Gasteiger partial charge in [-0.1, -0.05) is 6.58 Å². The lowest BCUT2D eigenvalue weighted by atomic mass is 9.82. The Morgan fingerprint density at radius 2 is 2.21 bits per heavy atom. The zero-order valence-corrected chi connectivity index (χ0v) is 8.32. The van der Waals surface area contributed by atoms with Gasteiger partial charge in [0.15, 0.2) is 0 Å². The molecule has 4 heteroatoms. The number of piperidine rings is 1. The largest absolute Gasteiger partial charge is 0.481 e. The molecule has 1 atom stereocenters. The molecule has 0 radical (unpaired) electrons. The molecule has 14 heavy (non-hydrogen) atoms. The van der Waals surface area contributed by atoms with Crippen LogP contribution in [0.25, 0.3) is 0 Å². The molecule has 4 nitrogen and oxygen atoms in total. The number of carboxylic acids is 1. The van der Waals surface area contributed by atoms with Crippen LogP contribution in [0.15, 0.2) is 12.7 Å². The van der Waals surface area contributed by atoms with Gasteiger partial charge in [0.1, 0.15) is 0 Å². The second-order valence-electron chi connectivity index (χ2n) is 3.93. The maximum absolute atomic E-state index is 11.3. The van der Waals surface area contributed by atoms with Gasteiger partial charge in [-0.05, 0) is 25.8 Å². The summed E-state index contributed by atoms with van der Waals surface area (Å²) in [5.74, 6) is -1.02. The number of hydrogen-bond acceptors (Lipinski definition) is 2. The SMILES string of the molecule is C=CC(=O)N1CCCC(C)(C(=O)O)C1. The highest BCUT2D eigenvalue weighted by Crippen LogP contribution is 2.29. The van der Waals surface area contributed by atoms with Crippen molar-refractivity contribution in [3.63, 3.8) is 0 Å². The first-order valence-corrected chi connectivity index (χ1v) is 4.64. The average Bonchev–Trinajstić information content (AvgIpc) is 2.16. The topological polar surface area (TPSA) is 57.6 Å². The molecule has 1 amide bonds. The van der Waals surface area contributed by atoms with Gasteiger partial charge in [0.25, 0.3) is 0 Å². The Balaban J connectivity index is 2.73. The summed E-state index contributed by atoms with van der Waals surface area (Å²) in [6, 6.07) is 0. The van der Waals surface area contributed by atoms with Crippen LogP contribution in [0.4, 0.5) is 0 Å². The molecular formula is C10H15NO3. The molecule has 0 aromatic heterocycles. The van der Waals surface area contributed by atoms with Gasteiger partial charge in [-0.15, -0.1) is 0 Å². The van der Waals surface area contributed by atoms with Crippen molar-refractivity contribution in [1.82, 2.24) is 4.90 Å². The van der Waals surface area contributed by atoms with E-state index in [-0.39, 0.29) is 12.5 Å². The van der Waals surface area contributed by atoms with E-state index >= 15 is 0 Å². The molecule has 0 aromatic rings. The Kier molecular flexibility index (Phi) is 2.93. The summed E-state index contributed by atoms with van der Waals surface area (Å²) in [5.41, 5.74) is -0.795. The van der Waals surface area contributed by atoms with Crippen LogP contribution in [0.5, 0.6) is 0 Å². The van der Waals surface area contributed by atoms with Gasteiger partial charge in [0, 0.05) is 13.1 Å². The molecule has 1 aliphatic heterocycles. The van der Waals surface area contributed by atoms with Crippen molar-refractivity contribution in [2.24, 2.45) is 5.41 Å². The number of nitrogens with zero attached hydrogens (tertiary/aromatic N) is 1. The van der Waals surface area contributed by atoms with E-state index in [1.165, 1.54) is 6.08 Å². The molecule has 1 fully saturated rings. The van der Waals surface area contributed by atoms with Crippen LogP contribution in [0.1, 0.15) is 19.8 Å². The zero-order chi connectivity index (χ0) is 10.8. The van der Waals surface area contributed by atoms with Crippen molar-refractivity contribution >= 4 is 11.9 Å². The summed E-state index contributed by atoms with van der Waals surface area (Å²) in [6.07, 6.45) is 2.60. The number of amides is 1. The number of aliphatic carboxylic acids is 1. The fourth-order valence-corrected chi connectivity index (χ4v) is 1.73. The molecule has 0 spiro atoms. The molecule has 1 unspecified atom stereocenters. The van der Waals surface area contributed by atoms with E-state index in [9.17, 15) is 9.59 Å². The van der Waals surface area contributed by atoms with Crippen molar-refractivity contribution in [2.45, 2.75) is 19.8 Å². The third-order valence-electron chi connectivity index (χ3n) is 2.70. The molecular weight excluding hydrogens is 182 g/mol. The van der Waals surface area contributed by atoms with Crippen LogP contribution in [-0.2, 0) is 9.59 Å². The molecule has 0 aliphatic carbocycles. The van der Waals surface area contributed by atoms with E-state index in [1.54, 1.807) is 11.8 Å². The molecule has 0 bridgehead atoms. The number of rotatable bonds is 2. The molecule has 1 rings (SSSR count). The normalized spacial score (nSPS) is 27.1. The molecule has 0 saturated carbocycles. The Hall–Kier alpha value is -1.32. The monoisotopic (exact) mass is 197 g/mol. The van der Waals surface area contributed by atoms with E-state index in [0.29, 0.717) is 13.0 Å². The second kappa shape index (κ2) is 3.82. The lowest BCUT2D eigenvalue weighted by molar-refractivity contribution is -0.152. The maximum Gasteiger partial charge on any atom is 0.311 e. The predicted octanol–water partition coefficient (Wildman–Crippen LogP) is 0.886. The minimum absolute atomic E-state index is 0.183. The Bertz CT molecular complexity index is 275. The van der Waals surface area contributed by atoms with E-state index < -0.39 is 11.4 Å². The van der Waals surface area contributed by atoms with Crippen molar-refractivity contribution in [2.75, 3.05) is 13.1 Å². The summed E-state index contributed by atoms with van der Waals surface area (Å²) in [6.45, 7) is 5.99. The Labute approximate surface area is 83.2 Å². The summed E-state index contributed by atoms with van der Waals surface area (Å²) in [5, 5.41) is 9.01. The van der Waals surface area contributed by atoms with Crippen LogP contribution in [0.2, 0.25) is 0 Å². The number of hydrogen-bond donors (Lipinski definition) is 1. The lowest BCUT2D eigenvalue weighted by Gasteiger charge is -2.36. The molecule has 1 aliphatic rings. The fourth-order valence-electron chi connectivity index (χ4n) is 1.73. The lowest BCUT2D eigenvalue weighted by Crippen LogP contribution is -2.47. The van der Waals surface area contributed by atoms with Crippen molar-refractivity contribution in [3.8, 4) is 0 Å². The third kappa shape index (κ3) is 1.95. The quantitative estimate of drug-likeness (QED) is 0.669. The van der Waals surface area contributed by atoms with E-state index in [4.69, 9.17) is 5.11 Å². The highest BCUT2D eigenvalue weighted by Gasteiger charge is 2.38. The minimum Gasteiger partial charge on any atom is -0.481 e. The number of likely N-dealkylation sites (tertiary alicyclic amines) is 1. The van der Waals surface area contributed by atoms with Crippen molar-refractivity contribution in [3.05, 3.63) is 12.7 Å². The number of carboxylic acid groups (broad SMARTS) is 1. The van der Waals surface area contributed by atoms with Gasteiger partial charge < -0.3 is 10.0 Å². The fraction of sp³-hybridized carbons (Fsp3) is 0.600. The van der Waals surface area contributed by atoms with Gasteiger partial charge in [0.05, 0.1) is 5.41 Å². The standard InChI is InChI=1S/C10H15NO3/c1-3-8(12)11-6-4-5-10(2,7-11)9(13)14/h3H,1,4-7H2,2H3,(H,13,14). The molecule has 0 aromatic carbocycles. The van der Waals surface area contributed by atoms with Crippen LogP contribution in [-0.4, -0.2) is 35.0 Å². The van der Waals surface area contributed by atoms with Crippen molar-refractivity contribution < 1.29 is 14.7 Å². The highest BCUT2D eigenvalue weighted by atomic mass is 16.4. The van der Waals surface area contributed by atoms with Crippen LogP contribution >= 0.6 is 0 Å². The van der Waals surface area contributed by atoms with Crippen LogP contribution < -0.4 is 0 Å². The van der Waals surface area contributed by atoms with Gasteiger partial charge in [-0.25, -0.2) is 0 Å². The average molecular weight is 197 g/mol. The third-order valence-corrected chi connectivity index (χ3v) is 2.70. The van der Waals surface area contributed by atoms with E-state index in [0.717, 1.165) is 6.42 Å². The first-order chi connectivity index (χ1) is 6.49. The smallest absolute Gasteiger partial charge is 0.311 e. The van der Waals surface area contributed by atoms with Crippen LogP contribution in [0.3, 0.4) is 0 Å². The predicted molar refractivity (Wildman–Crippen MR) is 51.8 cm³/mol. The first kappa shape index (κ1) is 10.8. The maximum atomic E-state index is 11.3. The minimum atomic E-state index is -0.834. The number of carbonyl (C=O) groups excluding carboxylic acids is 1. The Morgan fingerprint density at radius 3 is 2.71 bits per heavy atom. The van der Waals surface area contributed by atoms with Gasteiger partial charge >= 0.3 is 5.97 Å². The Morgan fingerprint density at radius 1 is 1.57 bits per heavy atom. The molecule has 1 saturated heterocycles. The first-order valence-electron chi connectivity index (χ1n) is 4.64. The van der Waals surface area contributed by atoms with Gasteiger partial charge in [0.2, 0.25) is 5.91 Å². The van der Waals surface area contributed by atoms with Gasteiger partial charge in [-0.2, -0.15) is 0 Å². The van der Waals surface area contributed by atoms with Gasteiger partial charge in [-0.3, -0.25) is 9.59 Å².